The Labute approximate surface area is 253 Å². The highest BCUT2D eigenvalue weighted by Crippen LogP contribution is 2.33. The van der Waals surface area contributed by atoms with E-state index in [1.165, 1.54) is 17.7 Å². The van der Waals surface area contributed by atoms with Crippen molar-refractivity contribution in [2.24, 2.45) is 0 Å². The van der Waals surface area contributed by atoms with Gasteiger partial charge in [-0.3, -0.25) is 4.98 Å². The van der Waals surface area contributed by atoms with E-state index in [0.29, 0.717) is 13.1 Å². The number of hydrogen-bond acceptors (Lipinski definition) is 4. The van der Waals surface area contributed by atoms with E-state index in [-0.39, 0.29) is 12.1 Å². The van der Waals surface area contributed by atoms with Crippen molar-refractivity contribution in [3.8, 4) is 0 Å². The van der Waals surface area contributed by atoms with Crippen LogP contribution in [0.25, 0.3) is 5.57 Å². The molecular formula is C35H48ClN3O2. The van der Waals surface area contributed by atoms with Gasteiger partial charge in [-0.1, -0.05) is 68.0 Å². The number of aromatic nitrogens is 1. The Balaban J connectivity index is 0.000000493. The number of carbonyl (C=O) groups excluding carboxylic acids is 1. The fourth-order valence-electron chi connectivity index (χ4n) is 4.97. The highest BCUT2D eigenvalue weighted by atomic mass is 35.5. The zero-order valence-corrected chi connectivity index (χ0v) is 27.0. The third-order valence-corrected chi connectivity index (χ3v) is 7.00. The number of aryl methyl sites for hydroxylation is 1. The zero-order chi connectivity index (χ0) is 30.6. The SMILES string of the molecule is C=C\C=C(C)/C(=C(\C)N1CCN(C(=O)OC(C)(C)C)CC1C)C(=C\C)/c1ccccn1.CCCc1cccc(Cl)c1. The number of halogens is 1. The quantitative estimate of drug-likeness (QED) is 0.308. The molecule has 1 aliphatic rings. The van der Waals surface area contributed by atoms with Gasteiger partial charge < -0.3 is 14.5 Å². The first-order valence-electron chi connectivity index (χ1n) is 14.5. The Morgan fingerprint density at radius 2 is 1.90 bits per heavy atom. The Morgan fingerprint density at radius 1 is 1.17 bits per heavy atom. The normalized spacial score (nSPS) is 16.9. The minimum absolute atomic E-state index is 0.162. The van der Waals surface area contributed by atoms with Gasteiger partial charge in [-0.2, -0.15) is 0 Å². The van der Waals surface area contributed by atoms with E-state index in [4.69, 9.17) is 16.3 Å². The smallest absolute Gasteiger partial charge is 0.410 e. The van der Waals surface area contributed by atoms with Crippen LogP contribution in [-0.2, 0) is 11.2 Å². The summed E-state index contributed by atoms with van der Waals surface area (Å²) in [6.45, 7) is 22.2. The van der Waals surface area contributed by atoms with Gasteiger partial charge in [0.2, 0.25) is 0 Å². The molecule has 5 nitrogen and oxygen atoms in total. The fraction of sp³-hybridized carbons (Fsp3) is 0.429. The standard InChI is InChI=1S/C26H37N3O2.C9H11Cl/c1-9-13-19(3)24(22(10-2)23-14-11-12-15-27-23)21(5)29-17-16-28(18-20(29)4)25(30)31-26(6,7)8;1-2-4-8-5-3-6-9(10)7-8/h9-15,20H,1,16-18H2,2-8H3;3,5-7H,2,4H2,1H3/b19-13-,22-10-,24-21-;. The lowest BCUT2D eigenvalue weighted by Gasteiger charge is -2.42. The number of hydrogen-bond donors (Lipinski definition) is 0. The molecule has 0 aliphatic carbocycles. The molecule has 0 N–H and O–H groups in total. The van der Waals surface area contributed by atoms with Crippen LogP contribution in [0.2, 0.25) is 5.02 Å². The van der Waals surface area contributed by atoms with Crippen molar-refractivity contribution in [1.29, 1.82) is 0 Å². The van der Waals surface area contributed by atoms with Gasteiger partial charge in [0.1, 0.15) is 5.60 Å². The number of amides is 1. The monoisotopic (exact) mass is 577 g/mol. The molecule has 1 amide bonds. The maximum atomic E-state index is 12.5. The predicted octanol–water partition coefficient (Wildman–Crippen LogP) is 9.12. The lowest BCUT2D eigenvalue weighted by Crippen LogP contribution is -2.53. The second-order valence-corrected chi connectivity index (χ2v) is 11.7. The predicted molar refractivity (Wildman–Crippen MR) is 174 cm³/mol. The molecule has 1 aromatic heterocycles. The number of allylic oxidation sites excluding steroid dienone is 7. The Kier molecular flexibility index (Phi) is 13.4. The molecule has 1 aromatic carbocycles. The zero-order valence-electron chi connectivity index (χ0n) is 26.2. The van der Waals surface area contributed by atoms with E-state index < -0.39 is 5.60 Å². The average molecular weight is 578 g/mol. The van der Waals surface area contributed by atoms with Crippen molar-refractivity contribution in [3.05, 3.63) is 107 Å². The van der Waals surface area contributed by atoms with Crippen molar-refractivity contribution >= 4 is 23.3 Å². The first-order valence-corrected chi connectivity index (χ1v) is 14.9. The number of nitrogens with zero attached hydrogens (tertiary/aromatic N) is 3. The Hall–Kier alpha value is -3.31. The van der Waals surface area contributed by atoms with Gasteiger partial charge in [-0.15, -0.1) is 0 Å². The summed E-state index contributed by atoms with van der Waals surface area (Å²) >= 11 is 5.78. The Bertz CT molecular complexity index is 1240. The number of pyridine rings is 1. The Morgan fingerprint density at radius 3 is 2.44 bits per heavy atom. The first-order chi connectivity index (χ1) is 19.4. The largest absolute Gasteiger partial charge is 0.444 e. The molecule has 2 aromatic rings. The van der Waals surface area contributed by atoms with Gasteiger partial charge >= 0.3 is 6.09 Å². The maximum Gasteiger partial charge on any atom is 0.410 e. The topological polar surface area (TPSA) is 45.7 Å². The van der Waals surface area contributed by atoms with Crippen LogP contribution in [0.3, 0.4) is 0 Å². The molecule has 1 aliphatic heterocycles. The van der Waals surface area contributed by atoms with Gasteiger partial charge in [-0.05, 0) is 90.3 Å². The number of ether oxygens (including phenoxy) is 1. The summed E-state index contributed by atoms with van der Waals surface area (Å²) in [6, 6.07) is 14.2. The van der Waals surface area contributed by atoms with Gasteiger partial charge in [0.25, 0.3) is 0 Å². The maximum absolute atomic E-state index is 12.5. The molecular weight excluding hydrogens is 530 g/mol. The van der Waals surface area contributed by atoms with Gasteiger partial charge in [0, 0.05) is 53.7 Å². The van der Waals surface area contributed by atoms with Crippen LogP contribution < -0.4 is 0 Å². The van der Waals surface area contributed by atoms with Crippen molar-refractivity contribution in [2.45, 2.75) is 79.9 Å². The van der Waals surface area contributed by atoms with E-state index >= 15 is 0 Å². The third kappa shape index (κ3) is 10.6. The van der Waals surface area contributed by atoms with E-state index in [0.717, 1.165) is 40.4 Å². The van der Waals surface area contributed by atoms with Crippen LogP contribution >= 0.6 is 11.6 Å². The molecule has 41 heavy (non-hydrogen) atoms. The van der Waals surface area contributed by atoms with Crippen LogP contribution in [0.1, 0.15) is 73.1 Å². The molecule has 6 heteroatoms. The van der Waals surface area contributed by atoms with Crippen LogP contribution in [0, 0.1) is 0 Å². The third-order valence-electron chi connectivity index (χ3n) is 6.76. The highest BCUT2D eigenvalue weighted by molar-refractivity contribution is 6.30. The summed E-state index contributed by atoms with van der Waals surface area (Å²) in [5.41, 5.74) is 6.33. The molecule has 1 saturated heterocycles. The first kappa shape index (κ1) is 33.9. The number of piperazine rings is 1. The summed E-state index contributed by atoms with van der Waals surface area (Å²) in [5.74, 6) is 0. The van der Waals surface area contributed by atoms with Gasteiger partial charge in [0.05, 0.1) is 5.69 Å². The van der Waals surface area contributed by atoms with Crippen LogP contribution in [0.15, 0.2) is 90.3 Å². The highest BCUT2D eigenvalue weighted by Gasteiger charge is 2.31. The van der Waals surface area contributed by atoms with Crippen molar-refractivity contribution < 1.29 is 9.53 Å². The number of carbonyl (C=O) groups is 1. The van der Waals surface area contributed by atoms with Crippen LogP contribution in [-0.4, -0.2) is 52.2 Å². The van der Waals surface area contributed by atoms with E-state index in [1.54, 1.807) is 4.90 Å². The lowest BCUT2D eigenvalue weighted by atomic mass is 9.92. The molecule has 1 atom stereocenters. The lowest BCUT2D eigenvalue weighted by molar-refractivity contribution is 0.0101. The average Bonchev–Trinajstić information content (AvgIpc) is 2.91. The van der Waals surface area contributed by atoms with Crippen LogP contribution in [0.4, 0.5) is 4.79 Å². The van der Waals surface area contributed by atoms with E-state index in [9.17, 15) is 4.79 Å². The second-order valence-electron chi connectivity index (χ2n) is 11.3. The van der Waals surface area contributed by atoms with Crippen LogP contribution in [0.5, 0.6) is 0 Å². The summed E-state index contributed by atoms with van der Waals surface area (Å²) in [4.78, 5) is 21.3. The summed E-state index contributed by atoms with van der Waals surface area (Å²) in [7, 11) is 0. The van der Waals surface area contributed by atoms with E-state index in [2.05, 4.69) is 56.3 Å². The molecule has 0 spiro atoms. The summed E-state index contributed by atoms with van der Waals surface area (Å²) in [6.07, 6.45) is 9.85. The molecule has 1 unspecified atom stereocenters. The van der Waals surface area contributed by atoms with Crippen molar-refractivity contribution in [3.63, 3.8) is 0 Å². The van der Waals surface area contributed by atoms with Gasteiger partial charge in [0.15, 0.2) is 0 Å². The molecule has 2 heterocycles. The molecule has 0 saturated carbocycles. The number of benzene rings is 1. The molecule has 0 bridgehead atoms. The molecule has 3 rings (SSSR count). The van der Waals surface area contributed by atoms with E-state index in [1.807, 2.05) is 82.4 Å². The number of rotatable bonds is 7. The minimum Gasteiger partial charge on any atom is -0.444 e. The molecule has 1 fully saturated rings. The summed E-state index contributed by atoms with van der Waals surface area (Å²) in [5, 5.41) is 0.839. The summed E-state index contributed by atoms with van der Waals surface area (Å²) < 4.78 is 5.57. The van der Waals surface area contributed by atoms with Gasteiger partial charge in [-0.25, -0.2) is 4.79 Å². The molecule has 0 radical (unpaired) electrons. The van der Waals surface area contributed by atoms with Crippen molar-refractivity contribution in [1.82, 2.24) is 14.8 Å². The minimum atomic E-state index is -0.490. The second kappa shape index (κ2) is 16.2. The van der Waals surface area contributed by atoms with Crippen molar-refractivity contribution in [2.75, 3.05) is 19.6 Å². The fourth-order valence-corrected chi connectivity index (χ4v) is 5.18. The molecule has 222 valence electrons.